The summed E-state index contributed by atoms with van der Waals surface area (Å²) in [6, 6.07) is 0. The highest BCUT2D eigenvalue weighted by molar-refractivity contribution is 5.71. The number of hydrogen-bond acceptors (Lipinski definition) is 6. The lowest BCUT2D eigenvalue weighted by atomic mass is 10.0. The van der Waals surface area contributed by atoms with Gasteiger partial charge in [0.05, 0.1) is 0 Å². The number of carbonyl (C=O) groups excluding carboxylic acids is 3. The Labute approximate surface area is 477 Å². The Bertz CT molecular complexity index is 1470. The standard InChI is InChI=1S/C71H124O6/c1-4-7-10-13-16-19-22-25-28-30-32-34-35-37-38-40-43-46-49-52-55-58-61-64-70(73)76-67-68(66-75-69(72)63-60-57-54-51-48-45-42-27-24-21-18-15-12-9-6-3)77-71(74)65-62-59-56-53-50-47-44-41-39-36-33-31-29-26-23-20-17-14-11-8-5-2/h18,21-23,25-27,30-33,39,41-42,68H,4-17,19-20,24,28-29,34-38,40,43-67H2,1-3H3/b21-18-,25-22-,26-23-,32-30-,33-31-,41-39-,42-27-. The second-order valence-corrected chi connectivity index (χ2v) is 22.0. The van der Waals surface area contributed by atoms with Gasteiger partial charge < -0.3 is 14.2 Å². The van der Waals surface area contributed by atoms with E-state index in [0.29, 0.717) is 19.3 Å². The molecule has 0 N–H and O–H groups in total. The number of allylic oxidation sites excluding steroid dienone is 14. The molecule has 0 bridgehead atoms. The first-order chi connectivity index (χ1) is 38.0. The van der Waals surface area contributed by atoms with Crippen molar-refractivity contribution in [1.82, 2.24) is 0 Å². The van der Waals surface area contributed by atoms with Crippen molar-refractivity contribution in [1.29, 1.82) is 0 Å². The SMILES string of the molecule is CCCCC/C=C\C/C=C\CCCCCCCC(=O)OCC(COC(=O)CCCCCCCCCCCCC/C=C\C/C=C\CCCCCCC)OC(=O)CCCCCCCC/C=C\C/C=C\C/C=C\CCCCCCC. The van der Waals surface area contributed by atoms with Gasteiger partial charge >= 0.3 is 17.9 Å². The third-order valence-electron chi connectivity index (χ3n) is 14.3. The van der Waals surface area contributed by atoms with Crippen LogP contribution in [0, 0.1) is 0 Å². The molecule has 0 spiro atoms. The predicted octanol–water partition coefficient (Wildman–Crippen LogP) is 22.7. The molecule has 0 fully saturated rings. The van der Waals surface area contributed by atoms with Gasteiger partial charge in [-0.25, -0.2) is 0 Å². The highest BCUT2D eigenvalue weighted by Gasteiger charge is 2.19. The maximum absolute atomic E-state index is 12.9. The Balaban J connectivity index is 4.39. The number of unbranched alkanes of at least 4 members (excludes halogenated alkanes) is 35. The fourth-order valence-electron chi connectivity index (χ4n) is 9.33. The van der Waals surface area contributed by atoms with Crippen LogP contribution >= 0.6 is 0 Å². The van der Waals surface area contributed by atoms with Gasteiger partial charge in [-0.15, -0.1) is 0 Å². The average molecular weight is 1070 g/mol. The molecule has 0 aromatic carbocycles. The van der Waals surface area contributed by atoms with Crippen molar-refractivity contribution in [2.75, 3.05) is 13.2 Å². The van der Waals surface area contributed by atoms with Gasteiger partial charge in [0.1, 0.15) is 13.2 Å². The molecule has 0 radical (unpaired) electrons. The Morgan fingerprint density at radius 1 is 0.260 bits per heavy atom. The molecule has 0 aliphatic carbocycles. The monoisotopic (exact) mass is 1070 g/mol. The number of rotatable bonds is 60. The quantitative estimate of drug-likeness (QED) is 0.0261. The molecule has 0 rings (SSSR count). The van der Waals surface area contributed by atoms with E-state index in [1.807, 2.05) is 0 Å². The molecule has 77 heavy (non-hydrogen) atoms. The Morgan fingerprint density at radius 3 is 0.753 bits per heavy atom. The van der Waals surface area contributed by atoms with Crippen molar-refractivity contribution in [2.24, 2.45) is 0 Å². The third-order valence-corrected chi connectivity index (χ3v) is 14.3. The largest absolute Gasteiger partial charge is 0.462 e. The summed E-state index contributed by atoms with van der Waals surface area (Å²) in [5.74, 6) is -0.903. The summed E-state index contributed by atoms with van der Waals surface area (Å²) < 4.78 is 16.9. The maximum Gasteiger partial charge on any atom is 0.306 e. The molecule has 0 aliphatic rings. The average Bonchev–Trinajstić information content (AvgIpc) is 3.43. The predicted molar refractivity (Wildman–Crippen MR) is 334 cm³/mol. The van der Waals surface area contributed by atoms with E-state index in [4.69, 9.17) is 14.2 Å². The summed E-state index contributed by atoms with van der Waals surface area (Å²) in [6.07, 6.45) is 85.8. The fraction of sp³-hybridized carbons (Fsp3) is 0.761. The van der Waals surface area contributed by atoms with E-state index in [9.17, 15) is 14.4 Å². The van der Waals surface area contributed by atoms with Gasteiger partial charge in [0.2, 0.25) is 0 Å². The minimum Gasteiger partial charge on any atom is -0.462 e. The van der Waals surface area contributed by atoms with E-state index in [0.717, 1.165) is 109 Å². The van der Waals surface area contributed by atoms with Crippen molar-refractivity contribution < 1.29 is 28.6 Å². The van der Waals surface area contributed by atoms with E-state index in [-0.39, 0.29) is 31.1 Å². The third kappa shape index (κ3) is 63.3. The van der Waals surface area contributed by atoms with E-state index in [1.165, 1.54) is 180 Å². The first-order valence-corrected chi connectivity index (χ1v) is 33.1. The van der Waals surface area contributed by atoms with Crippen LogP contribution in [0.25, 0.3) is 0 Å². The first-order valence-electron chi connectivity index (χ1n) is 33.1. The highest BCUT2D eigenvalue weighted by atomic mass is 16.6. The highest BCUT2D eigenvalue weighted by Crippen LogP contribution is 2.16. The van der Waals surface area contributed by atoms with E-state index in [1.54, 1.807) is 0 Å². The maximum atomic E-state index is 12.9. The zero-order valence-electron chi connectivity index (χ0n) is 51.0. The van der Waals surface area contributed by atoms with Crippen LogP contribution < -0.4 is 0 Å². The van der Waals surface area contributed by atoms with Crippen LogP contribution in [0.4, 0.5) is 0 Å². The van der Waals surface area contributed by atoms with Gasteiger partial charge in [-0.2, -0.15) is 0 Å². The molecule has 0 saturated heterocycles. The van der Waals surface area contributed by atoms with Crippen LogP contribution in [0.1, 0.15) is 329 Å². The Morgan fingerprint density at radius 2 is 0.468 bits per heavy atom. The summed E-state index contributed by atoms with van der Waals surface area (Å²) in [5.41, 5.74) is 0. The smallest absolute Gasteiger partial charge is 0.306 e. The van der Waals surface area contributed by atoms with Gasteiger partial charge in [-0.3, -0.25) is 14.4 Å². The van der Waals surface area contributed by atoms with Crippen LogP contribution in [-0.4, -0.2) is 37.2 Å². The van der Waals surface area contributed by atoms with Gasteiger partial charge in [0.15, 0.2) is 6.10 Å². The first kappa shape index (κ1) is 73.6. The topological polar surface area (TPSA) is 78.9 Å². The Kier molecular flexibility index (Phi) is 62.2. The van der Waals surface area contributed by atoms with Crippen LogP contribution in [0.2, 0.25) is 0 Å². The summed E-state index contributed by atoms with van der Waals surface area (Å²) in [7, 11) is 0. The number of hydrogen-bond donors (Lipinski definition) is 0. The van der Waals surface area contributed by atoms with Crippen molar-refractivity contribution in [3.63, 3.8) is 0 Å². The molecular weight excluding hydrogens is 949 g/mol. The van der Waals surface area contributed by atoms with E-state index in [2.05, 4.69) is 106 Å². The van der Waals surface area contributed by atoms with Gasteiger partial charge in [-0.05, 0) is 122 Å². The number of ether oxygens (including phenoxy) is 3. The van der Waals surface area contributed by atoms with E-state index < -0.39 is 6.10 Å². The number of carbonyl (C=O) groups is 3. The molecule has 6 heteroatoms. The molecular formula is C71H124O6. The van der Waals surface area contributed by atoms with E-state index >= 15 is 0 Å². The molecule has 0 aliphatic heterocycles. The summed E-state index contributed by atoms with van der Waals surface area (Å²) >= 11 is 0. The minimum atomic E-state index is -0.792. The zero-order chi connectivity index (χ0) is 55.7. The lowest BCUT2D eigenvalue weighted by molar-refractivity contribution is -0.167. The molecule has 6 nitrogen and oxygen atoms in total. The lowest BCUT2D eigenvalue weighted by Gasteiger charge is -2.18. The second-order valence-electron chi connectivity index (χ2n) is 22.0. The van der Waals surface area contributed by atoms with Crippen molar-refractivity contribution in [3.05, 3.63) is 85.1 Å². The normalized spacial score (nSPS) is 12.6. The van der Waals surface area contributed by atoms with Crippen molar-refractivity contribution in [3.8, 4) is 0 Å². The van der Waals surface area contributed by atoms with Crippen molar-refractivity contribution >= 4 is 17.9 Å². The van der Waals surface area contributed by atoms with Gasteiger partial charge in [0.25, 0.3) is 0 Å². The Hall–Kier alpha value is -3.41. The molecule has 0 heterocycles. The summed E-state index contributed by atoms with van der Waals surface area (Å²) in [5, 5.41) is 0. The molecule has 0 amide bonds. The molecule has 0 saturated carbocycles. The van der Waals surface area contributed by atoms with Crippen molar-refractivity contribution in [2.45, 2.75) is 335 Å². The molecule has 1 atom stereocenters. The molecule has 0 aromatic heterocycles. The summed E-state index contributed by atoms with van der Waals surface area (Å²) in [6.45, 7) is 6.60. The summed E-state index contributed by atoms with van der Waals surface area (Å²) in [4.78, 5) is 38.4. The molecule has 444 valence electrons. The lowest BCUT2D eigenvalue weighted by Crippen LogP contribution is -2.30. The molecule has 1 unspecified atom stereocenters. The molecule has 0 aromatic rings. The number of esters is 3. The van der Waals surface area contributed by atoms with Gasteiger partial charge in [-0.1, -0.05) is 273 Å². The fourth-order valence-corrected chi connectivity index (χ4v) is 9.33. The minimum absolute atomic E-state index is 0.0867. The zero-order valence-corrected chi connectivity index (χ0v) is 51.0. The van der Waals surface area contributed by atoms with Gasteiger partial charge in [0, 0.05) is 19.3 Å². The van der Waals surface area contributed by atoms with Crippen LogP contribution in [0.5, 0.6) is 0 Å². The van der Waals surface area contributed by atoms with Crippen LogP contribution in [-0.2, 0) is 28.6 Å². The van der Waals surface area contributed by atoms with Crippen LogP contribution in [0.15, 0.2) is 85.1 Å². The van der Waals surface area contributed by atoms with Crippen LogP contribution in [0.3, 0.4) is 0 Å². The second kappa shape index (κ2) is 65.1.